The number of halogens is 1. The van der Waals surface area contributed by atoms with Crippen molar-refractivity contribution in [2.45, 2.75) is 3.92 Å². The van der Waals surface area contributed by atoms with Crippen LogP contribution in [0.4, 0.5) is 0 Å². The maximum absolute atomic E-state index is 11.2. The van der Waals surface area contributed by atoms with Crippen LogP contribution in [0.5, 0.6) is 0 Å². The quantitative estimate of drug-likeness (QED) is 0.484. The van der Waals surface area contributed by atoms with Crippen molar-refractivity contribution < 1.29 is 4.79 Å². The van der Waals surface area contributed by atoms with E-state index in [1.807, 2.05) is 18.2 Å². The molecule has 3 nitrogen and oxygen atoms in total. The van der Waals surface area contributed by atoms with E-state index in [9.17, 15) is 4.79 Å². The van der Waals surface area contributed by atoms with Gasteiger partial charge in [-0.25, -0.2) is 4.99 Å². The summed E-state index contributed by atoms with van der Waals surface area (Å²) in [6, 6.07) is 0. The minimum absolute atomic E-state index is 0.189. The zero-order valence-corrected chi connectivity index (χ0v) is 8.22. The van der Waals surface area contributed by atoms with Gasteiger partial charge in [-0.05, 0) is 6.08 Å². The van der Waals surface area contributed by atoms with Gasteiger partial charge in [-0.1, -0.05) is 34.7 Å². The lowest BCUT2D eigenvalue weighted by molar-refractivity contribution is -0.113. The van der Waals surface area contributed by atoms with E-state index in [0.29, 0.717) is 5.57 Å². The van der Waals surface area contributed by atoms with E-state index in [1.54, 1.807) is 0 Å². The minimum Gasteiger partial charge on any atom is -0.267 e. The molecule has 0 N–H and O–H groups in total. The highest BCUT2D eigenvalue weighted by Crippen LogP contribution is 2.18. The normalized spacial score (nSPS) is 26.4. The summed E-state index contributed by atoms with van der Waals surface area (Å²) in [7, 11) is 0. The smallest absolute Gasteiger partial charge is 0.267 e. The van der Waals surface area contributed by atoms with Crippen LogP contribution in [0, 0.1) is 0 Å². The van der Waals surface area contributed by atoms with Crippen LogP contribution >= 0.6 is 22.6 Å². The first-order valence-corrected chi connectivity index (χ1v) is 4.71. The fraction of sp³-hybridized carbons (Fsp3) is 0.125. The highest BCUT2D eigenvalue weighted by atomic mass is 127. The van der Waals surface area contributed by atoms with Crippen LogP contribution in [0.25, 0.3) is 0 Å². The molecule has 0 saturated carbocycles. The molecule has 0 aromatic rings. The van der Waals surface area contributed by atoms with Gasteiger partial charge in [0.25, 0.3) is 5.91 Å². The lowest BCUT2D eigenvalue weighted by Crippen LogP contribution is -2.18. The maximum atomic E-state index is 11.2. The maximum Gasteiger partial charge on any atom is 0.280 e. The molecule has 0 spiro atoms. The summed E-state index contributed by atoms with van der Waals surface area (Å²) in [6.07, 6.45) is 7.02. The Hall–Kier alpha value is -0.780. The summed E-state index contributed by atoms with van der Waals surface area (Å²) in [5.41, 5.74) is 1.35. The highest BCUT2D eigenvalue weighted by molar-refractivity contribution is 14.1. The minimum atomic E-state index is -0.189. The lowest BCUT2D eigenvalue weighted by atomic mass is 10.0. The van der Waals surface area contributed by atoms with Gasteiger partial charge in [0.15, 0.2) is 0 Å². The monoisotopic (exact) mass is 272 g/mol. The third-order valence-electron chi connectivity index (χ3n) is 1.64. The van der Waals surface area contributed by atoms with E-state index in [0.717, 1.165) is 5.71 Å². The number of carbonyl (C=O) groups excluding carboxylic acids is 1. The molecule has 0 aromatic heterocycles. The Bertz CT molecular complexity index is 352. The number of hydrogen-bond acceptors (Lipinski definition) is 2. The number of rotatable bonds is 0. The van der Waals surface area contributed by atoms with Gasteiger partial charge < -0.3 is 0 Å². The number of hydrogen-bond donors (Lipinski definition) is 0. The topological polar surface area (TPSA) is 41.8 Å². The van der Waals surface area contributed by atoms with Gasteiger partial charge in [-0.3, -0.25) is 4.79 Å². The van der Waals surface area contributed by atoms with Gasteiger partial charge in [-0.15, -0.1) is 0 Å². The van der Waals surface area contributed by atoms with E-state index in [2.05, 4.69) is 32.6 Å². The van der Waals surface area contributed by atoms with Gasteiger partial charge in [0.1, 0.15) is 6.34 Å². The molecule has 1 unspecified atom stereocenters. The van der Waals surface area contributed by atoms with Crippen molar-refractivity contribution in [2.24, 2.45) is 9.98 Å². The molecule has 0 saturated heterocycles. The average Bonchev–Trinajstić information content (AvgIpc) is 2.07. The second kappa shape index (κ2) is 2.93. The van der Waals surface area contributed by atoms with Gasteiger partial charge in [0.05, 0.1) is 11.3 Å². The van der Waals surface area contributed by atoms with Gasteiger partial charge in [-0.2, -0.15) is 4.99 Å². The Balaban J connectivity index is 2.46. The van der Waals surface area contributed by atoms with Crippen LogP contribution in [0.2, 0.25) is 0 Å². The summed E-state index contributed by atoms with van der Waals surface area (Å²) >= 11 is 2.23. The Morgan fingerprint density at radius 2 is 2.33 bits per heavy atom. The van der Waals surface area contributed by atoms with Crippen molar-refractivity contribution >= 4 is 40.5 Å². The molecular weight excluding hydrogens is 267 g/mol. The van der Waals surface area contributed by atoms with E-state index in [1.165, 1.54) is 6.34 Å². The van der Waals surface area contributed by atoms with E-state index < -0.39 is 0 Å². The van der Waals surface area contributed by atoms with Crippen LogP contribution in [0.3, 0.4) is 0 Å². The lowest BCUT2D eigenvalue weighted by Gasteiger charge is -2.12. The number of aliphatic imine (C=N–C) groups is 2. The number of nitrogens with zero attached hydrogens (tertiary/aromatic N) is 2. The molecule has 0 fully saturated rings. The van der Waals surface area contributed by atoms with Crippen molar-refractivity contribution in [3.05, 3.63) is 23.8 Å². The molecule has 2 rings (SSSR count). The first kappa shape index (κ1) is 7.85. The molecule has 12 heavy (non-hydrogen) atoms. The van der Waals surface area contributed by atoms with Crippen molar-refractivity contribution in [1.82, 2.24) is 0 Å². The van der Waals surface area contributed by atoms with Crippen molar-refractivity contribution in [3.8, 4) is 0 Å². The highest BCUT2D eigenvalue weighted by Gasteiger charge is 2.19. The van der Waals surface area contributed by atoms with Crippen LogP contribution in [-0.4, -0.2) is 21.9 Å². The summed E-state index contributed by atoms with van der Waals surface area (Å²) in [5.74, 6) is -0.189. The Kier molecular flexibility index (Phi) is 1.92. The van der Waals surface area contributed by atoms with E-state index >= 15 is 0 Å². The first-order valence-electron chi connectivity index (χ1n) is 3.46. The average molecular weight is 272 g/mol. The Morgan fingerprint density at radius 3 is 3.17 bits per heavy atom. The number of alkyl halides is 1. The SMILES string of the molecule is O=C1N=CN=C2C=CC(I)C=C12. The molecule has 2 aliphatic rings. The Morgan fingerprint density at radius 1 is 1.50 bits per heavy atom. The third-order valence-corrected chi connectivity index (χ3v) is 2.42. The van der Waals surface area contributed by atoms with Crippen molar-refractivity contribution in [3.63, 3.8) is 0 Å². The van der Waals surface area contributed by atoms with Crippen LogP contribution in [0.1, 0.15) is 0 Å². The fourth-order valence-corrected chi connectivity index (χ4v) is 1.65. The molecule has 0 aromatic carbocycles. The molecule has 1 aliphatic carbocycles. The third kappa shape index (κ3) is 1.26. The predicted octanol–water partition coefficient (Wildman–Crippen LogP) is 1.30. The van der Waals surface area contributed by atoms with Crippen LogP contribution in [0.15, 0.2) is 33.8 Å². The van der Waals surface area contributed by atoms with Crippen molar-refractivity contribution in [1.29, 1.82) is 0 Å². The van der Waals surface area contributed by atoms with Gasteiger partial charge >= 0.3 is 0 Å². The molecule has 1 amide bonds. The largest absolute Gasteiger partial charge is 0.280 e. The first-order chi connectivity index (χ1) is 5.77. The Labute approximate surface area is 83.1 Å². The van der Waals surface area contributed by atoms with Crippen LogP contribution < -0.4 is 0 Å². The molecular formula is C8H5IN2O. The van der Waals surface area contributed by atoms with E-state index in [-0.39, 0.29) is 9.83 Å². The second-order valence-corrected chi connectivity index (χ2v) is 3.89. The zero-order chi connectivity index (χ0) is 8.55. The summed E-state index contributed by atoms with van der Waals surface area (Å²) in [4.78, 5) is 18.8. The number of allylic oxidation sites excluding steroid dienone is 3. The zero-order valence-electron chi connectivity index (χ0n) is 6.07. The predicted molar refractivity (Wildman–Crippen MR) is 56.0 cm³/mol. The van der Waals surface area contributed by atoms with Crippen molar-refractivity contribution in [2.75, 3.05) is 0 Å². The molecule has 0 radical (unpaired) electrons. The van der Waals surface area contributed by atoms with Gasteiger partial charge in [0, 0.05) is 3.92 Å². The molecule has 4 heteroatoms. The van der Waals surface area contributed by atoms with Gasteiger partial charge in [0.2, 0.25) is 0 Å². The summed E-state index contributed by atoms with van der Waals surface area (Å²) in [5, 5.41) is 0. The molecule has 1 atom stereocenters. The number of carbonyl (C=O) groups is 1. The fourth-order valence-electron chi connectivity index (χ4n) is 1.08. The molecule has 1 aliphatic heterocycles. The number of fused-ring (bicyclic) bond motifs is 1. The second-order valence-electron chi connectivity index (χ2n) is 2.45. The summed E-state index contributed by atoms with van der Waals surface area (Å²) < 4.78 is 0.272. The number of amides is 1. The molecule has 60 valence electrons. The molecule has 0 bridgehead atoms. The summed E-state index contributed by atoms with van der Waals surface area (Å²) in [6.45, 7) is 0. The molecule has 1 heterocycles. The standard InChI is InChI=1S/C8H5IN2O/c9-5-1-2-7-6(3-5)8(12)11-4-10-7/h1-5H. The van der Waals surface area contributed by atoms with E-state index in [4.69, 9.17) is 0 Å². The van der Waals surface area contributed by atoms with Crippen LogP contribution in [-0.2, 0) is 4.79 Å².